The summed E-state index contributed by atoms with van der Waals surface area (Å²) in [5, 5.41) is 11.8. The number of nitrogens with zero attached hydrogens (tertiary/aromatic N) is 3. The Balaban J connectivity index is 1.91. The van der Waals surface area contributed by atoms with Crippen LogP contribution >= 0.6 is 0 Å². The van der Waals surface area contributed by atoms with E-state index >= 15 is 0 Å². The van der Waals surface area contributed by atoms with Gasteiger partial charge in [0.1, 0.15) is 6.33 Å². The molecule has 2 heterocycles. The van der Waals surface area contributed by atoms with E-state index in [4.69, 9.17) is 0 Å². The fraction of sp³-hybridized carbons (Fsp3) is 0.467. The number of hydrogen-bond acceptors (Lipinski definition) is 3. The molecule has 1 unspecified atom stereocenters. The molecule has 0 radical (unpaired) electrons. The van der Waals surface area contributed by atoms with E-state index in [1.807, 2.05) is 0 Å². The highest BCUT2D eigenvalue weighted by Crippen LogP contribution is 2.24. The van der Waals surface area contributed by atoms with Crippen LogP contribution in [0.2, 0.25) is 0 Å². The minimum Gasteiger partial charge on any atom is -0.307 e. The van der Waals surface area contributed by atoms with Crippen LogP contribution in [-0.4, -0.2) is 21.3 Å². The van der Waals surface area contributed by atoms with Crippen LogP contribution in [0.15, 0.2) is 30.6 Å². The van der Waals surface area contributed by atoms with Crippen LogP contribution in [-0.2, 0) is 0 Å². The first kappa shape index (κ1) is 12.4. The molecule has 0 saturated carbocycles. The minimum atomic E-state index is 0.340. The van der Waals surface area contributed by atoms with Gasteiger partial charge in [0.2, 0.25) is 0 Å². The highest BCUT2D eigenvalue weighted by atomic mass is 15.3. The first-order valence-corrected chi connectivity index (χ1v) is 6.99. The van der Waals surface area contributed by atoms with Crippen molar-refractivity contribution in [1.29, 1.82) is 0 Å². The van der Waals surface area contributed by atoms with Crippen molar-refractivity contribution < 1.29 is 0 Å². The average molecular weight is 256 g/mol. The molecule has 1 aliphatic heterocycles. The van der Waals surface area contributed by atoms with Gasteiger partial charge in [0, 0.05) is 5.69 Å². The van der Waals surface area contributed by atoms with Crippen molar-refractivity contribution in [2.24, 2.45) is 0 Å². The molecule has 0 bridgehead atoms. The summed E-state index contributed by atoms with van der Waals surface area (Å²) < 4.78 is 2.09. The molecule has 4 heteroatoms. The van der Waals surface area contributed by atoms with Gasteiger partial charge in [-0.2, -0.15) is 0 Å². The lowest BCUT2D eigenvalue weighted by molar-refractivity contribution is 0.592. The third-order valence-electron chi connectivity index (χ3n) is 3.78. The van der Waals surface area contributed by atoms with E-state index in [-0.39, 0.29) is 0 Å². The van der Waals surface area contributed by atoms with Crippen LogP contribution in [0.5, 0.6) is 0 Å². The molecule has 1 N–H and O–H groups in total. The highest BCUT2D eigenvalue weighted by molar-refractivity contribution is 5.36. The molecule has 0 spiro atoms. The summed E-state index contributed by atoms with van der Waals surface area (Å²) in [6, 6.07) is 9.01. The maximum Gasteiger partial charge on any atom is 0.154 e. The Morgan fingerprint density at radius 3 is 2.68 bits per heavy atom. The Morgan fingerprint density at radius 2 is 2.05 bits per heavy atom. The normalized spacial score (nSPS) is 19.2. The van der Waals surface area contributed by atoms with Crippen LogP contribution in [0.1, 0.15) is 50.0 Å². The van der Waals surface area contributed by atoms with Crippen LogP contribution in [0.25, 0.3) is 5.69 Å². The molecule has 100 valence electrons. The van der Waals surface area contributed by atoms with Crippen molar-refractivity contribution in [3.63, 3.8) is 0 Å². The topological polar surface area (TPSA) is 42.7 Å². The molecule has 1 atom stereocenters. The Labute approximate surface area is 113 Å². The van der Waals surface area contributed by atoms with Gasteiger partial charge < -0.3 is 5.32 Å². The lowest BCUT2D eigenvalue weighted by Crippen LogP contribution is -2.17. The van der Waals surface area contributed by atoms with Crippen molar-refractivity contribution in [3.05, 3.63) is 42.0 Å². The first-order valence-electron chi connectivity index (χ1n) is 6.99. The zero-order chi connectivity index (χ0) is 13.2. The van der Waals surface area contributed by atoms with E-state index in [9.17, 15) is 0 Å². The molecule has 1 aromatic carbocycles. The number of benzene rings is 1. The average Bonchev–Trinajstić information content (AvgIpc) is 3.09. The number of nitrogens with one attached hydrogen (secondary N) is 1. The lowest BCUT2D eigenvalue weighted by Gasteiger charge is -2.13. The first-order chi connectivity index (χ1) is 9.25. The summed E-state index contributed by atoms with van der Waals surface area (Å²) >= 11 is 0. The second-order valence-electron chi connectivity index (χ2n) is 5.45. The third-order valence-corrected chi connectivity index (χ3v) is 3.78. The molecule has 19 heavy (non-hydrogen) atoms. The summed E-state index contributed by atoms with van der Waals surface area (Å²) in [5.41, 5.74) is 2.50. The smallest absolute Gasteiger partial charge is 0.154 e. The summed E-state index contributed by atoms with van der Waals surface area (Å²) in [6.45, 7) is 5.49. The fourth-order valence-corrected chi connectivity index (χ4v) is 2.61. The van der Waals surface area contributed by atoms with E-state index < -0.39 is 0 Å². The van der Waals surface area contributed by atoms with Gasteiger partial charge in [0.05, 0.1) is 6.04 Å². The summed E-state index contributed by atoms with van der Waals surface area (Å²) in [7, 11) is 0. The number of hydrogen-bond donors (Lipinski definition) is 1. The van der Waals surface area contributed by atoms with Crippen molar-refractivity contribution in [3.8, 4) is 5.69 Å². The molecular formula is C15H20N4. The van der Waals surface area contributed by atoms with Crippen molar-refractivity contribution in [2.75, 3.05) is 6.54 Å². The van der Waals surface area contributed by atoms with E-state index in [0.29, 0.717) is 12.0 Å². The largest absolute Gasteiger partial charge is 0.307 e. The maximum atomic E-state index is 4.28. The lowest BCUT2D eigenvalue weighted by atomic mass is 10.0. The molecule has 3 rings (SSSR count). The number of aromatic nitrogens is 3. The van der Waals surface area contributed by atoms with Gasteiger partial charge in [0.15, 0.2) is 5.82 Å². The van der Waals surface area contributed by atoms with Crippen molar-refractivity contribution >= 4 is 0 Å². The monoisotopic (exact) mass is 256 g/mol. The van der Waals surface area contributed by atoms with E-state index in [0.717, 1.165) is 24.5 Å². The minimum absolute atomic E-state index is 0.340. The van der Waals surface area contributed by atoms with Gasteiger partial charge >= 0.3 is 0 Å². The molecule has 1 saturated heterocycles. The molecular weight excluding hydrogens is 236 g/mol. The fourth-order valence-electron chi connectivity index (χ4n) is 2.61. The standard InChI is InChI=1S/C15H20N4/c1-11(2)12-5-7-13(8-6-12)19-10-17-18-15(19)14-4-3-9-16-14/h5-8,10-11,14,16H,3-4,9H2,1-2H3. The molecule has 1 aliphatic rings. The van der Waals surface area contributed by atoms with E-state index in [1.165, 1.54) is 12.0 Å². The summed E-state index contributed by atoms with van der Waals surface area (Å²) in [6.07, 6.45) is 4.16. The quantitative estimate of drug-likeness (QED) is 0.918. The maximum absolute atomic E-state index is 4.28. The van der Waals surface area contributed by atoms with Gasteiger partial charge in [-0.3, -0.25) is 4.57 Å². The zero-order valence-corrected chi connectivity index (χ0v) is 11.5. The van der Waals surface area contributed by atoms with E-state index in [1.54, 1.807) is 6.33 Å². The molecule has 4 nitrogen and oxygen atoms in total. The predicted molar refractivity (Wildman–Crippen MR) is 75.4 cm³/mol. The molecule has 0 amide bonds. The van der Waals surface area contributed by atoms with Crippen LogP contribution in [0.4, 0.5) is 0 Å². The van der Waals surface area contributed by atoms with Crippen LogP contribution in [0.3, 0.4) is 0 Å². The van der Waals surface area contributed by atoms with Gasteiger partial charge in [-0.1, -0.05) is 26.0 Å². The third kappa shape index (κ3) is 2.40. The Bertz CT molecular complexity index is 536. The highest BCUT2D eigenvalue weighted by Gasteiger charge is 2.21. The Hall–Kier alpha value is -1.68. The SMILES string of the molecule is CC(C)c1ccc(-n2cnnc2C2CCCN2)cc1. The Morgan fingerprint density at radius 1 is 1.26 bits per heavy atom. The van der Waals surface area contributed by atoms with Crippen molar-refractivity contribution in [2.45, 2.75) is 38.6 Å². The van der Waals surface area contributed by atoms with Crippen molar-refractivity contribution in [1.82, 2.24) is 20.1 Å². The van der Waals surface area contributed by atoms with Gasteiger partial charge in [-0.25, -0.2) is 0 Å². The molecule has 0 aliphatic carbocycles. The predicted octanol–water partition coefficient (Wildman–Crippen LogP) is 2.82. The Kier molecular flexibility index (Phi) is 3.34. The molecule has 2 aromatic rings. The van der Waals surface area contributed by atoms with Gasteiger partial charge in [-0.05, 0) is 43.0 Å². The summed E-state index contributed by atoms with van der Waals surface area (Å²) in [4.78, 5) is 0. The van der Waals surface area contributed by atoms with Crippen LogP contribution < -0.4 is 5.32 Å². The zero-order valence-electron chi connectivity index (χ0n) is 11.5. The van der Waals surface area contributed by atoms with Crippen LogP contribution in [0, 0.1) is 0 Å². The molecule has 1 aromatic heterocycles. The summed E-state index contributed by atoms with van der Waals surface area (Å²) in [5.74, 6) is 1.58. The van der Waals surface area contributed by atoms with Gasteiger partial charge in [-0.15, -0.1) is 10.2 Å². The van der Waals surface area contributed by atoms with Gasteiger partial charge in [0.25, 0.3) is 0 Å². The number of rotatable bonds is 3. The second kappa shape index (κ2) is 5.13. The van der Waals surface area contributed by atoms with E-state index in [2.05, 4.69) is 58.2 Å². The second-order valence-corrected chi connectivity index (χ2v) is 5.45. The molecule has 1 fully saturated rings.